The molecule has 0 radical (unpaired) electrons. The van der Waals surface area contributed by atoms with Crippen LogP contribution in [0.1, 0.15) is 28.9 Å². The first-order valence-electron chi connectivity index (χ1n) is 7.42. The van der Waals surface area contributed by atoms with Crippen molar-refractivity contribution in [1.82, 2.24) is 14.7 Å². The summed E-state index contributed by atoms with van der Waals surface area (Å²) in [6, 6.07) is 7.52. The Labute approximate surface area is 134 Å². The molecule has 1 aliphatic rings. The highest BCUT2D eigenvalue weighted by Gasteiger charge is 2.25. The van der Waals surface area contributed by atoms with Crippen molar-refractivity contribution in [1.29, 1.82) is 0 Å². The highest BCUT2D eigenvalue weighted by Crippen LogP contribution is 2.23. The van der Waals surface area contributed by atoms with E-state index in [1.807, 2.05) is 36.1 Å². The molecule has 1 aromatic heterocycles. The van der Waals surface area contributed by atoms with Crippen molar-refractivity contribution >= 4 is 17.5 Å². The maximum Gasteiger partial charge on any atom is 0.257 e. The van der Waals surface area contributed by atoms with Crippen molar-refractivity contribution in [3.63, 3.8) is 0 Å². The first-order chi connectivity index (χ1) is 10.6. The Bertz CT molecular complexity index is 697. The van der Waals surface area contributed by atoms with E-state index in [-0.39, 0.29) is 11.9 Å². The van der Waals surface area contributed by atoms with Crippen molar-refractivity contribution in [3.05, 3.63) is 46.7 Å². The summed E-state index contributed by atoms with van der Waals surface area (Å²) in [6.07, 6.45) is 3.54. The third-order valence-electron chi connectivity index (χ3n) is 4.07. The van der Waals surface area contributed by atoms with Crippen molar-refractivity contribution in [2.45, 2.75) is 25.8 Å². The molecule has 0 spiro atoms. The summed E-state index contributed by atoms with van der Waals surface area (Å²) in [5.74, 6) is -0.00838. The number of carbonyl (C=O) groups is 1. The Morgan fingerprint density at radius 1 is 1.41 bits per heavy atom. The minimum absolute atomic E-state index is 0.00838. The molecular formula is C16H19ClN4O. The van der Waals surface area contributed by atoms with Crippen LogP contribution in [0.5, 0.6) is 0 Å². The molecule has 1 atom stereocenters. The Morgan fingerprint density at radius 3 is 2.91 bits per heavy atom. The number of carbonyl (C=O) groups excluding carboxylic acids is 1. The molecule has 2 N–H and O–H groups in total. The minimum atomic E-state index is -0.00838. The van der Waals surface area contributed by atoms with Crippen LogP contribution in [0.15, 0.2) is 30.5 Å². The van der Waals surface area contributed by atoms with E-state index < -0.39 is 0 Å². The number of likely N-dealkylation sites (tertiary alicyclic amines) is 1. The van der Waals surface area contributed by atoms with Gasteiger partial charge in [0.2, 0.25) is 0 Å². The lowest BCUT2D eigenvalue weighted by molar-refractivity contribution is 0.0708. The average molecular weight is 319 g/mol. The number of nitrogens with two attached hydrogens (primary N) is 1. The Morgan fingerprint density at radius 2 is 2.18 bits per heavy atom. The van der Waals surface area contributed by atoms with Gasteiger partial charge in [-0.2, -0.15) is 5.10 Å². The van der Waals surface area contributed by atoms with Crippen molar-refractivity contribution in [2.75, 3.05) is 13.1 Å². The summed E-state index contributed by atoms with van der Waals surface area (Å²) in [5.41, 5.74) is 8.13. The van der Waals surface area contributed by atoms with E-state index >= 15 is 0 Å². The van der Waals surface area contributed by atoms with Gasteiger partial charge in [-0.15, -0.1) is 0 Å². The van der Waals surface area contributed by atoms with Crippen molar-refractivity contribution in [2.24, 2.45) is 5.73 Å². The van der Waals surface area contributed by atoms with Gasteiger partial charge in [0.15, 0.2) is 0 Å². The predicted molar refractivity (Wildman–Crippen MR) is 86.4 cm³/mol. The van der Waals surface area contributed by atoms with Gasteiger partial charge < -0.3 is 10.6 Å². The average Bonchev–Trinajstić information content (AvgIpc) is 2.88. The summed E-state index contributed by atoms with van der Waals surface area (Å²) in [7, 11) is 0. The molecule has 1 fully saturated rings. The smallest absolute Gasteiger partial charge is 0.257 e. The summed E-state index contributed by atoms with van der Waals surface area (Å²) in [4.78, 5) is 14.5. The van der Waals surface area contributed by atoms with Crippen LogP contribution in [0.3, 0.4) is 0 Å². The molecule has 1 amide bonds. The molecule has 0 aliphatic carbocycles. The normalized spacial score (nSPS) is 18.5. The van der Waals surface area contributed by atoms with Gasteiger partial charge in [0, 0.05) is 19.1 Å². The number of para-hydroxylation sites is 1. The first kappa shape index (κ1) is 15.1. The Hall–Kier alpha value is -1.85. The number of hydrogen-bond acceptors (Lipinski definition) is 3. The third-order valence-corrected chi connectivity index (χ3v) is 4.39. The van der Waals surface area contributed by atoms with Crippen LogP contribution in [0.2, 0.25) is 5.02 Å². The maximum absolute atomic E-state index is 12.7. The zero-order valence-electron chi connectivity index (χ0n) is 12.5. The second-order valence-electron chi connectivity index (χ2n) is 5.66. The third kappa shape index (κ3) is 2.74. The number of amides is 1. The first-order valence-corrected chi connectivity index (χ1v) is 7.80. The van der Waals surface area contributed by atoms with Gasteiger partial charge in [0.25, 0.3) is 5.91 Å². The van der Waals surface area contributed by atoms with Gasteiger partial charge in [-0.05, 0) is 31.9 Å². The number of aromatic nitrogens is 2. The highest BCUT2D eigenvalue weighted by molar-refractivity contribution is 6.32. The van der Waals surface area contributed by atoms with E-state index in [0.29, 0.717) is 17.1 Å². The lowest BCUT2D eigenvalue weighted by Gasteiger charge is -2.30. The fraction of sp³-hybridized carbons (Fsp3) is 0.375. The molecule has 0 saturated carbocycles. The van der Waals surface area contributed by atoms with Gasteiger partial charge in [-0.25, -0.2) is 4.68 Å². The van der Waals surface area contributed by atoms with Crippen LogP contribution in [0.25, 0.3) is 5.69 Å². The number of benzene rings is 1. The molecule has 0 bridgehead atoms. The molecule has 5 nitrogen and oxygen atoms in total. The molecule has 3 rings (SSSR count). The Kier molecular flexibility index (Phi) is 4.18. The largest absolute Gasteiger partial charge is 0.337 e. The van der Waals surface area contributed by atoms with E-state index in [1.165, 1.54) is 0 Å². The maximum atomic E-state index is 12.7. The number of nitrogens with zero attached hydrogens (tertiary/aromatic N) is 3. The van der Waals surface area contributed by atoms with Crippen LogP contribution >= 0.6 is 11.6 Å². The zero-order valence-corrected chi connectivity index (χ0v) is 13.3. The van der Waals surface area contributed by atoms with Gasteiger partial charge in [0.1, 0.15) is 0 Å². The van der Waals surface area contributed by atoms with Gasteiger partial charge in [-0.3, -0.25) is 4.79 Å². The van der Waals surface area contributed by atoms with E-state index in [1.54, 1.807) is 10.9 Å². The van der Waals surface area contributed by atoms with Crippen molar-refractivity contribution < 1.29 is 4.79 Å². The van der Waals surface area contributed by atoms with Gasteiger partial charge in [-0.1, -0.05) is 23.7 Å². The Balaban J connectivity index is 1.90. The minimum Gasteiger partial charge on any atom is -0.337 e. The van der Waals surface area contributed by atoms with E-state index in [9.17, 15) is 4.79 Å². The van der Waals surface area contributed by atoms with Crippen molar-refractivity contribution in [3.8, 4) is 5.69 Å². The van der Waals surface area contributed by atoms with E-state index in [0.717, 1.165) is 30.8 Å². The molecule has 2 aromatic rings. The van der Waals surface area contributed by atoms with Crippen LogP contribution in [0.4, 0.5) is 0 Å². The summed E-state index contributed by atoms with van der Waals surface area (Å²) in [5, 5.41) is 4.94. The molecule has 2 heterocycles. The summed E-state index contributed by atoms with van der Waals surface area (Å²) < 4.78 is 1.71. The van der Waals surface area contributed by atoms with E-state index in [2.05, 4.69) is 5.10 Å². The molecule has 22 heavy (non-hydrogen) atoms. The van der Waals surface area contributed by atoms with Crippen LogP contribution in [-0.4, -0.2) is 39.7 Å². The van der Waals surface area contributed by atoms with Crippen LogP contribution in [0, 0.1) is 6.92 Å². The molecule has 1 aliphatic heterocycles. The standard InChI is InChI=1S/C16H19ClN4O/c1-11-13(16(22)20-8-4-5-12(18)10-20)9-19-21(11)15-7-3-2-6-14(15)17/h2-3,6-7,9,12H,4-5,8,10,18H2,1H3. The number of halogens is 1. The van der Waals surface area contributed by atoms with Crippen LogP contribution in [-0.2, 0) is 0 Å². The second-order valence-corrected chi connectivity index (χ2v) is 6.07. The SMILES string of the molecule is Cc1c(C(=O)N2CCCC(N)C2)cnn1-c1ccccc1Cl. The molecule has 116 valence electrons. The predicted octanol–water partition coefficient (Wildman–Crippen LogP) is 2.40. The molecule has 1 unspecified atom stereocenters. The topological polar surface area (TPSA) is 64.2 Å². The lowest BCUT2D eigenvalue weighted by Crippen LogP contribution is -2.45. The van der Waals surface area contributed by atoms with Gasteiger partial charge in [0.05, 0.1) is 28.2 Å². The fourth-order valence-corrected chi connectivity index (χ4v) is 3.07. The quantitative estimate of drug-likeness (QED) is 0.924. The van der Waals surface area contributed by atoms with Gasteiger partial charge >= 0.3 is 0 Å². The molecule has 1 aromatic carbocycles. The zero-order chi connectivity index (χ0) is 15.7. The summed E-state index contributed by atoms with van der Waals surface area (Å²) >= 11 is 6.21. The monoisotopic (exact) mass is 318 g/mol. The molecule has 6 heteroatoms. The fourth-order valence-electron chi connectivity index (χ4n) is 2.85. The number of rotatable bonds is 2. The number of hydrogen-bond donors (Lipinski definition) is 1. The molecule has 1 saturated heterocycles. The summed E-state index contributed by atoms with van der Waals surface area (Å²) in [6.45, 7) is 3.24. The number of piperidine rings is 1. The van der Waals surface area contributed by atoms with E-state index in [4.69, 9.17) is 17.3 Å². The van der Waals surface area contributed by atoms with Crippen LogP contribution < -0.4 is 5.73 Å². The lowest BCUT2D eigenvalue weighted by atomic mass is 10.1. The highest BCUT2D eigenvalue weighted by atomic mass is 35.5. The second kappa shape index (κ2) is 6.10. The molecular weight excluding hydrogens is 300 g/mol.